The maximum atomic E-state index is 12.6. The molecule has 0 aliphatic carbocycles. The Morgan fingerprint density at radius 1 is 1.19 bits per heavy atom. The molecular formula is C16H25IN8O. The summed E-state index contributed by atoms with van der Waals surface area (Å²) in [5.74, 6) is 0.803. The van der Waals surface area contributed by atoms with Gasteiger partial charge in [-0.05, 0) is 6.92 Å². The summed E-state index contributed by atoms with van der Waals surface area (Å²) in [7, 11) is 3.73. The van der Waals surface area contributed by atoms with E-state index in [0.717, 1.165) is 30.3 Å². The van der Waals surface area contributed by atoms with Gasteiger partial charge >= 0.3 is 0 Å². The molecule has 1 aliphatic heterocycles. The minimum Gasteiger partial charge on any atom is -0.356 e. The van der Waals surface area contributed by atoms with Crippen LogP contribution in [0, 0.1) is 0 Å². The molecule has 1 fully saturated rings. The minimum atomic E-state index is 0. The van der Waals surface area contributed by atoms with Crippen molar-refractivity contribution in [3.63, 3.8) is 0 Å². The normalized spacial score (nSPS) is 15.2. The number of halogens is 1. The van der Waals surface area contributed by atoms with Gasteiger partial charge in [-0.3, -0.25) is 14.2 Å². The van der Waals surface area contributed by atoms with E-state index in [2.05, 4.69) is 20.5 Å². The molecule has 1 amide bonds. The summed E-state index contributed by atoms with van der Waals surface area (Å²) in [4.78, 5) is 21.0. The fourth-order valence-electron chi connectivity index (χ4n) is 2.82. The Labute approximate surface area is 170 Å². The van der Waals surface area contributed by atoms with E-state index in [-0.39, 0.29) is 29.9 Å². The van der Waals surface area contributed by atoms with Crippen LogP contribution in [0.4, 0.5) is 5.69 Å². The molecule has 1 saturated heterocycles. The molecule has 0 saturated carbocycles. The van der Waals surface area contributed by atoms with E-state index >= 15 is 0 Å². The highest BCUT2D eigenvalue weighted by atomic mass is 127. The lowest BCUT2D eigenvalue weighted by atomic mass is 10.3. The van der Waals surface area contributed by atoms with Crippen molar-refractivity contribution in [3.05, 3.63) is 30.4 Å². The van der Waals surface area contributed by atoms with E-state index < -0.39 is 0 Å². The molecule has 1 aliphatic rings. The summed E-state index contributed by atoms with van der Waals surface area (Å²) < 4.78 is 3.46. The van der Waals surface area contributed by atoms with Crippen LogP contribution in [-0.2, 0) is 25.4 Å². The second-order valence-corrected chi connectivity index (χ2v) is 6.03. The Morgan fingerprint density at radius 3 is 2.50 bits per heavy atom. The van der Waals surface area contributed by atoms with Gasteiger partial charge in [-0.1, -0.05) is 0 Å². The number of piperazine rings is 1. The van der Waals surface area contributed by atoms with Crippen molar-refractivity contribution in [2.45, 2.75) is 13.5 Å². The minimum absolute atomic E-state index is 0. The van der Waals surface area contributed by atoms with Gasteiger partial charge in [-0.2, -0.15) is 10.2 Å². The number of aryl methyl sites for hydroxylation is 2. The van der Waals surface area contributed by atoms with Gasteiger partial charge in [-0.25, -0.2) is 4.99 Å². The lowest BCUT2D eigenvalue weighted by Gasteiger charge is -2.35. The maximum absolute atomic E-state index is 12.6. The Balaban J connectivity index is 0.00000243. The van der Waals surface area contributed by atoms with E-state index in [9.17, 15) is 4.79 Å². The number of aromatic nitrogens is 4. The molecule has 10 heteroatoms. The molecule has 2 aromatic rings. The highest BCUT2D eigenvalue weighted by Gasteiger charge is 2.27. The molecule has 26 heavy (non-hydrogen) atoms. The van der Waals surface area contributed by atoms with Gasteiger partial charge in [0.2, 0.25) is 5.91 Å². The first-order valence-electron chi connectivity index (χ1n) is 8.36. The molecule has 9 nitrogen and oxygen atoms in total. The van der Waals surface area contributed by atoms with Gasteiger partial charge in [0, 0.05) is 51.7 Å². The van der Waals surface area contributed by atoms with E-state index in [1.54, 1.807) is 26.7 Å². The van der Waals surface area contributed by atoms with Crippen LogP contribution in [0.15, 0.2) is 29.8 Å². The molecule has 0 aromatic carbocycles. The van der Waals surface area contributed by atoms with Crippen LogP contribution < -0.4 is 10.2 Å². The number of anilines is 1. The molecule has 0 bridgehead atoms. The summed E-state index contributed by atoms with van der Waals surface area (Å²) in [5.41, 5.74) is 1.88. The number of rotatable bonds is 4. The Kier molecular flexibility index (Phi) is 7.00. The van der Waals surface area contributed by atoms with Crippen LogP contribution >= 0.6 is 24.0 Å². The Bertz CT molecular complexity index is 768. The zero-order chi connectivity index (χ0) is 17.8. The summed E-state index contributed by atoms with van der Waals surface area (Å²) in [6, 6.07) is 0. The molecule has 1 N–H and O–H groups in total. The van der Waals surface area contributed by atoms with E-state index in [0.29, 0.717) is 19.6 Å². The number of guanidine groups is 1. The lowest BCUT2D eigenvalue weighted by molar-refractivity contribution is -0.120. The van der Waals surface area contributed by atoms with Crippen molar-refractivity contribution in [2.75, 3.05) is 31.1 Å². The van der Waals surface area contributed by atoms with Gasteiger partial charge in [0.1, 0.15) is 6.54 Å². The van der Waals surface area contributed by atoms with E-state index in [4.69, 9.17) is 0 Å². The van der Waals surface area contributed by atoms with Crippen LogP contribution in [-0.4, -0.2) is 62.5 Å². The van der Waals surface area contributed by atoms with Crippen LogP contribution in [0.3, 0.4) is 0 Å². The molecule has 3 heterocycles. The third-order valence-electron chi connectivity index (χ3n) is 4.03. The van der Waals surface area contributed by atoms with Gasteiger partial charge in [0.15, 0.2) is 5.96 Å². The van der Waals surface area contributed by atoms with Crippen molar-refractivity contribution in [1.29, 1.82) is 0 Å². The van der Waals surface area contributed by atoms with E-state index in [1.807, 2.05) is 38.3 Å². The van der Waals surface area contributed by atoms with Gasteiger partial charge in [-0.15, -0.1) is 24.0 Å². The van der Waals surface area contributed by atoms with Gasteiger partial charge < -0.3 is 15.1 Å². The topological polar surface area (TPSA) is 83.6 Å². The average molecular weight is 472 g/mol. The van der Waals surface area contributed by atoms with Crippen molar-refractivity contribution < 1.29 is 4.79 Å². The van der Waals surface area contributed by atoms with Gasteiger partial charge in [0.25, 0.3) is 0 Å². The molecule has 3 rings (SSSR count). The number of amides is 1. The second kappa shape index (κ2) is 9.01. The molecule has 0 unspecified atom stereocenters. The molecule has 142 valence electrons. The van der Waals surface area contributed by atoms with Gasteiger partial charge in [0.05, 0.1) is 24.6 Å². The highest BCUT2D eigenvalue weighted by molar-refractivity contribution is 14.0. The van der Waals surface area contributed by atoms with Crippen molar-refractivity contribution in [3.8, 4) is 0 Å². The largest absolute Gasteiger partial charge is 0.356 e. The Morgan fingerprint density at radius 2 is 1.92 bits per heavy atom. The molecule has 0 radical (unpaired) electrons. The number of nitrogens with zero attached hydrogens (tertiary/aromatic N) is 7. The molecular weight excluding hydrogens is 447 g/mol. The fraction of sp³-hybridized carbons (Fsp3) is 0.500. The lowest BCUT2D eigenvalue weighted by Crippen LogP contribution is -2.55. The number of nitrogens with one attached hydrogen (secondary N) is 1. The summed E-state index contributed by atoms with van der Waals surface area (Å²) in [6.07, 6.45) is 7.32. The first-order chi connectivity index (χ1) is 12.1. The van der Waals surface area contributed by atoms with Crippen molar-refractivity contribution >= 4 is 41.5 Å². The molecule has 0 spiro atoms. The van der Waals surface area contributed by atoms with E-state index in [1.165, 1.54) is 0 Å². The Hall–Kier alpha value is -2.11. The van der Waals surface area contributed by atoms with Crippen molar-refractivity contribution in [2.24, 2.45) is 19.1 Å². The standard InChI is InChI=1S/C16H24N8O.HI/c1-4-17-16(18-7-13-8-19-21(2)10-13)23-5-6-24(15(25)12-23)14-9-20-22(3)11-14;/h8-11H,4-7,12H2,1-3H3,(H,17,18);1H. The van der Waals surface area contributed by atoms with Crippen molar-refractivity contribution in [1.82, 2.24) is 29.8 Å². The number of hydrogen-bond acceptors (Lipinski definition) is 4. The second-order valence-electron chi connectivity index (χ2n) is 6.03. The highest BCUT2D eigenvalue weighted by Crippen LogP contribution is 2.16. The smallest absolute Gasteiger partial charge is 0.246 e. The third-order valence-corrected chi connectivity index (χ3v) is 4.03. The SMILES string of the molecule is CCNC(=NCc1cnn(C)c1)N1CCN(c2cnn(C)c2)C(=O)C1.I. The quantitative estimate of drug-likeness (QED) is 0.400. The average Bonchev–Trinajstić information content (AvgIpc) is 3.19. The van der Waals surface area contributed by atoms with Crippen LogP contribution in [0.25, 0.3) is 0 Å². The zero-order valence-electron chi connectivity index (χ0n) is 15.3. The zero-order valence-corrected chi connectivity index (χ0v) is 17.6. The predicted molar refractivity (Wildman–Crippen MR) is 111 cm³/mol. The number of carbonyl (C=O) groups excluding carboxylic acids is 1. The summed E-state index contributed by atoms with van der Waals surface area (Å²) >= 11 is 0. The third kappa shape index (κ3) is 4.74. The first kappa shape index (κ1) is 20.2. The number of carbonyl (C=O) groups is 1. The molecule has 2 aromatic heterocycles. The summed E-state index contributed by atoms with van der Waals surface area (Å²) in [6.45, 7) is 4.94. The predicted octanol–water partition coefficient (Wildman–Crippen LogP) is 0.586. The molecule has 0 atom stereocenters. The summed E-state index contributed by atoms with van der Waals surface area (Å²) in [5, 5.41) is 11.6. The fourth-order valence-corrected chi connectivity index (χ4v) is 2.82. The number of hydrogen-bond donors (Lipinski definition) is 1. The monoisotopic (exact) mass is 472 g/mol. The number of aliphatic imine (C=N–C) groups is 1. The van der Waals surface area contributed by atoms with Crippen LogP contribution in [0.5, 0.6) is 0 Å². The van der Waals surface area contributed by atoms with Crippen LogP contribution in [0.1, 0.15) is 12.5 Å². The maximum Gasteiger partial charge on any atom is 0.246 e. The van der Waals surface area contributed by atoms with Crippen LogP contribution in [0.2, 0.25) is 0 Å². The first-order valence-corrected chi connectivity index (χ1v) is 8.36.